The summed E-state index contributed by atoms with van der Waals surface area (Å²) < 4.78 is 10.4. The molecule has 2 aliphatic heterocycles. The molecule has 8 nitrogen and oxygen atoms in total. The Morgan fingerprint density at radius 3 is 2.45 bits per heavy atom. The Labute approximate surface area is 203 Å². The molecule has 0 aromatic heterocycles. The first-order valence-electron chi connectivity index (χ1n) is 10.4. The molecule has 2 heterocycles. The second-order valence-corrected chi connectivity index (χ2v) is 8.12. The Bertz CT molecular complexity index is 1050. The molecule has 0 radical (unpaired) electrons. The number of ether oxygens (including phenoxy) is 2. The molecule has 0 aliphatic carbocycles. The van der Waals surface area contributed by atoms with Crippen LogP contribution in [0.15, 0.2) is 47.5 Å². The molecule has 10 heteroatoms. The maximum Gasteiger partial charge on any atom is 0.275 e. The molecular weight excluding hydrogens is 467 g/mol. The van der Waals surface area contributed by atoms with Crippen molar-refractivity contribution in [3.63, 3.8) is 0 Å². The second kappa shape index (κ2) is 10.4. The highest BCUT2D eigenvalue weighted by Gasteiger charge is 2.48. The van der Waals surface area contributed by atoms with Crippen LogP contribution in [0.25, 0.3) is 0 Å². The van der Waals surface area contributed by atoms with Gasteiger partial charge in [0, 0.05) is 24.1 Å². The standard InChI is InChI=1S/C23H25ClN4O4.ClH/c1-31-17-6-3-15(4-7-17)21-22(30)28(23(27-21)9-11-25-12-10-23)14-20(29)26-16-5-8-19(32-2)18(24)13-16;/h3-8,13,25H,9-12,14H2,1-2H3,(H,26,29);1H. The van der Waals surface area contributed by atoms with E-state index < -0.39 is 5.66 Å². The average Bonchev–Trinajstić information content (AvgIpc) is 3.05. The second-order valence-electron chi connectivity index (χ2n) is 7.71. The van der Waals surface area contributed by atoms with Crippen molar-refractivity contribution in [2.45, 2.75) is 18.5 Å². The molecule has 0 atom stereocenters. The normalized spacial score (nSPS) is 16.8. The molecular formula is C23H26Cl2N4O4. The van der Waals surface area contributed by atoms with Crippen LogP contribution in [0.4, 0.5) is 5.69 Å². The van der Waals surface area contributed by atoms with Gasteiger partial charge in [-0.25, -0.2) is 0 Å². The molecule has 1 spiro atoms. The van der Waals surface area contributed by atoms with Crippen LogP contribution in [0.3, 0.4) is 0 Å². The van der Waals surface area contributed by atoms with E-state index in [1.807, 2.05) is 12.1 Å². The smallest absolute Gasteiger partial charge is 0.275 e. The van der Waals surface area contributed by atoms with E-state index in [0.717, 1.165) is 13.1 Å². The van der Waals surface area contributed by atoms with Gasteiger partial charge in [0.15, 0.2) is 0 Å². The zero-order valence-corrected chi connectivity index (χ0v) is 20.0. The summed E-state index contributed by atoms with van der Waals surface area (Å²) in [4.78, 5) is 32.7. The molecule has 4 rings (SSSR count). The minimum Gasteiger partial charge on any atom is -0.497 e. The van der Waals surface area contributed by atoms with E-state index in [1.54, 1.807) is 42.3 Å². The highest BCUT2D eigenvalue weighted by Crippen LogP contribution is 2.35. The number of aliphatic imine (C=N–C) groups is 1. The number of nitrogens with zero attached hydrogens (tertiary/aromatic N) is 2. The number of anilines is 1. The van der Waals surface area contributed by atoms with Crippen molar-refractivity contribution in [2.24, 2.45) is 4.99 Å². The largest absolute Gasteiger partial charge is 0.497 e. The Morgan fingerprint density at radius 2 is 1.85 bits per heavy atom. The summed E-state index contributed by atoms with van der Waals surface area (Å²) in [6.45, 7) is 1.34. The van der Waals surface area contributed by atoms with Gasteiger partial charge in [-0.3, -0.25) is 14.6 Å². The molecule has 176 valence electrons. The number of methoxy groups -OCH3 is 2. The summed E-state index contributed by atoms with van der Waals surface area (Å²) in [6.07, 6.45) is 1.28. The minimum absolute atomic E-state index is 0. The first-order valence-corrected chi connectivity index (χ1v) is 10.7. The lowest BCUT2D eigenvalue weighted by molar-refractivity contribution is -0.133. The number of carbonyl (C=O) groups is 2. The molecule has 2 aliphatic rings. The summed E-state index contributed by atoms with van der Waals surface area (Å²) in [5.41, 5.74) is 0.878. The Hall–Kier alpha value is -2.81. The van der Waals surface area contributed by atoms with Crippen molar-refractivity contribution >= 4 is 47.2 Å². The first kappa shape index (κ1) is 24.8. The lowest BCUT2D eigenvalue weighted by atomic mass is 9.97. The fraction of sp³-hybridized carbons (Fsp3) is 0.348. The Kier molecular flexibility index (Phi) is 7.84. The number of hydrogen-bond donors (Lipinski definition) is 2. The van der Waals surface area contributed by atoms with Gasteiger partial charge in [0.2, 0.25) is 5.91 Å². The highest BCUT2D eigenvalue weighted by atomic mass is 35.5. The fourth-order valence-electron chi connectivity index (χ4n) is 4.09. The van der Waals surface area contributed by atoms with Gasteiger partial charge < -0.3 is 25.0 Å². The van der Waals surface area contributed by atoms with Gasteiger partial charge in [-0.15, -0.1) is 12.4 Å². The van der Waals surface area contributed by atoms with E-state index in [0.29, 0.717) is 46.3 Å². The van der Waals surface area contributed by atoms with Crippen molar-refractivity contribution in [2.75, 3.05) is 39.2 Å². The zero-order chi connectivity index (χ0) is 22.7. The number of piperidine rings is 1. The average molecular weight is 493 g/mol. The van der Waals surface area contributed by atoms with Gasteiger partial charge in [0.25, 0.3) is 5.91 Å². The van der Waals surface area contributed by atoms with Gasteiger partial charge >= 0.3 is 0 Å². The number of hydrogen-bond acceptors (Lipinski definition) is 6. The maximum atomic E-state index is 13.4. The molecule has 1 saturated heterocycles. The quantitative estimate of drug-likeness (QED) is 0.646. The van der Waals surface area contributed by atoms with E-state index in [-0.39, 0.29) is 30.8 Å². The topological polar surface area (TPSA) is 92.3 Å². The molecule has 1 fully saturated rings. The Morgan fingerprint density at radius 1 is 1.15 bits per heavy atom. The van der Waals surface area contributed by atoms with Crippen LogP contribution in [-0.2, 0) is 9.59 Å². The number of carbonyl (C=O) groups excluding carboxylic acids is 2. The third-order valence-electron chi connectivity index (χ3n) is 5.78. The fourth-order valence-corrected chi connectivity index (χ4v) is 4.34. The summed E-state index contributed by atoms with van der Waals surface area (Å²) in [5.74, 6) is 0.653. The monoisotopic (exact) mass is 492 g/mol. The third kappa shape index (κ3) is 5.08. The molecule has 2 N–H and O–H groups in total. The van der Waals surface area contributed by atoms with Gasteiger partial charge in [-0.1, -0.05) is 11.6 Å². The number of amides is 2. The van der Waals surface area contributed by atoms with Crippen LogP contribution >= 0.6 is 24.0 Å². The van der Waals surface area contributed by atoms with Crippen molar-refractivity contribution < 1.29 is 19.1 Å². The van der Waals surface area contributed by atoms with Gasteiger partial charge in [0.05, 0.1) is 19.2 Å². The van der Waals surface area contributed by atoms with E-state index in [1.165, 1.54) is 7.11 Å². The van der Waals surface area contributed by atoms with E-state index in [2.05, 4.69) is 10.6 Å². The van der Waals surface area contributed by atoms with Crippen LogP contribution in [0.2, 0.25) is 5.02 Å². The molecule has 2 aromatic carbocycles. The summed E-state index contributed by atoms with van der Waals surface area (Å²) in [7, 11) is 3.12. The van der Waals surface area contributed by atoms with Crippen molar-refractivity contribution in [3.8, 4) is 11.5 Å². The van der Waals surface area contributed by atoms with Crippen molar-refractivity contribution in [1.29, 1.82) is 0 Å². The molecule has 0 bridgehead atoms. The lowest BCUT2D eigenvalue weighted by Gasteiger charge is -2.39. The lowest BCUT2D eigenvalue weighted by Crippen LogP contribution is -2.54. The van der Waals surface area contributed by atoms with E-state index in [9.17, 15) is 9.59 Å². The van der Waals surface area contributed by atoms with E-state index in [4.69, 9.17) is 26.1 Å². The third-order valence-corrected chi connectivity index (χ3v) is 6.07. The number of halogens is 2. The van der Waals surface area contributed by atoms with Crippen LogP contribution in [-0.4, -0.2) is 61.9 Å². The predicted octanol–water partition coefficient (Wildman–Crippen LogP) is 3.13. The SMILES string of the molecule is COc1ccc(C2=NC3(CCNCC3)N(CC(=O)Nc3ccc(OC)c(Cl)c3)C2=O)cc1.Cl. The van der Waals surface area contributed by atoms with Gasteiger partial charge in [-0.05, 0) is 55.6 Å². The highest BCUT2D eigenvalue weighted by molar-refractivity contribution is 6.47. The van der Waals surface area contributed by atoms with Crippen LogP contribution in [0.5, 0.6) is 11.5 Å². The predicted molar refractivity (Wildman–Crippen MR) is 130 cm³/mol. The summed E-state index contributed by atoms with van der Waals surface area (Å²) in [6, 6.07) is 12.2. The van der Waals surface area contributed by atoms with E-state index >= 15 is 0 Å². The van der Waals surface area contributed by atoms with Crippen LogP contribution < -0.4 is 20.1 Å². The summed E-state index contributed by atoms with van der Waals surface area (Å²) in [5, 5.41) is 6.51. The van der Waals surface area contributed by atoms with Crippen LogP contribution in [0, 0.1) is 0 Å². The van der Waals surface area contributed by atoms with Gasteiger partial charge in [0.1, 0.15) is 29.4 Å². The summed E-state index contributed by atoms with van der Waals surface area (Å²) >= 11 is 6.16. The van der Waals surface area contributed by atoms with Crippen molar-refractivity contribution in [3.05, 3.63) is 53.1 Å². The van der Waals surface area contributed by atoms with Crippen LogP contribution in [0.1, 0.15) is 18.4 Å². The molecule has 33 heavy (non-hydrogen) atoms. The number of rotatable bonds is 6. The van der Waals surface area contributed by atoms with Crippen molar-refractivity contribution in [1.82, 2.24) is 10.2 Å². The Balaban J connectivity index is 0.00000306. The molecule has 2 amide bonds. The number of benzene rings is 2. The minimum atomic E-state index is -0.730. The molecule has 0 unspecified atom stereocenters. The van der Waals surface area contributed by atoms with Gasteiger partial charge in [-0.2, -0.15) is 0 Å². The zero-order valence-electron chi connectivity index (χ0n) is 18.4. The molecule has 0 saturated carbocycles. The molecule has 2 aromatic rings. The first-order chi connectivity index (χ1) is 15.5. The number of nitrogens with one attached hydrogen (secondary N) is 2. The maximum absolute atomic E-state index is 13.4.